The van der Waals surface area contributed by atoms with Crippen molar-refractivity contribution in [2.24, 2.45) is 11.5 Å². The number of nitrogens with two attached hydrogens (primary N) is 2. The molecule has 0 saturated carbocycles. The number of hydrogen-bond donors (Lipinski definition) is 5. The average molecular weight is 455 g/mol. The minimum Gasteiger partial charge on any atom is -0.481 e. The van der Waals surface area contributed by atoms with Gasteiger partial charge in [0.2, 0.25) is 23.6 Å². The second kappa shape index (κ2) is 10.9. The van der Waals surface area contributed by atoms with Gasteiger partial charge in [0, 0.05) is 19.5 Å². The van der Waals surface area contributed by atoms with Crippen LogP contribution in [0.3, 0.4) is 0 Å². The summed E-state index contributed by atoms with van der Waals surface area (Å²) in [6, 6.07) is -4.45. The topological polar surface area (TPSA) is 213 Å². The highest BCUT2D eigenvalue weighted by atomic mass is 16.4. The van der Waals surface area contributed by atoms with Crippen LogP contribution in [0.2, 0.25) is 0 Å². The van der Waals surface area contributed by atoms with Gasteiger partial charge in [0.15, 0.2) is 0 Å². The van der Waals surface area contributed by atoms with Crippen LogP contribution in [0.15, 0.2) is 0 Å². The molecular weight excluding hydrogens is 426 g/mol. The number of nitrogens with zero attached hydrogens (tertiary/aromatic N) is 2. The molecule has 7 N–H and O–H groups in total. The Kier molecular flexibility index (Phi) is 8.52. The van der Waals surface area contributed by atoms with E-state index < -0.39 is 66.2 Å². The maximum atomic E-state index is 12.9. The number of aliphatic carboxylic acids is 2. The highest BCUT2D eigenvalue weighted by Gasteiger charge is 2.41. The highest BCUT2D eigenvalue weighted by molar-refractivity contribution is 5.96. The number of primary amides is 1. The number of likely N-dealkylation sites (tertiary alicyclic amines) is 2. The Morgan fingerprint density at radius 1 is 0.938 bits per heavy atom. The van der Waals surface area contributed by atoms with Crippen molar-refractivity contribution >= 4 is 35.6 Å². The zero-order valence-electron chi connectivity index (χ0n) is 17.6. The summed E-state index contributed by atoms with van der Waals surface area (Å²) in [4.78, 5) is 74.4. The van der Waals surface area contributed by atoms with Crippen LogP contribution in [0.1, 0.15) is 44.9 Å². The third-order valence-electron chi connectivity index (χ3n) is 5.67. The third kappa shape index (κ3) is 6.15. The first-order chi connectivity index (χ1) is 15.0. The SMILES string of the molecule is NC(=O)CC(NC(=O)C1CCCN1C(=O)C(N)CCC(=O)O)C(=O)N1CCCC1C(=O)O. The second-order valence-electron chi connectivity index (χ2n) is 7.99. The first kappa shape index (κ1) is 25.0. The molecule has 0 aromatic heterocycles. The first-order valence-electron chi connectivity index (χ1n) is 10.4. The van der Waals surface area contributed by atoms with Crippen LogP contribution < -0.4 is 16.8 Å². The molecule has 4 unspecified atom stereocenters. The molecule has 4 atom stereocenters. The molecule has 2 heterocycles. The van der Waals surface area contributed by atoms with Gasteiger partial charge in [-0.3, -0.25) is 24.0 Å². The van der Waals surface area contributed by atoms with Crippen LogP contribution in [0.5, 0.6) is 0 Å². The predicted octanol–water partition coefficient (Wildman–Crippen LogP) is -2.39. The molecule has 0 aromatic rings. The first-order valence-corrected chi connectivity index (χ1v) is 10.4. The van der Waals surface area contributed by atoms with Gasteiger partial charge in [-0.2, -0.15) is 0 Å². The molecular formula is C19H29N5O8. The van der Waals surface area contributed by atoms with Crippen LogP contribution in [-0.2, 0) is 28.8 Å². The Hall–Kier alpha value is -3.22. The van der Waals surface area contributed by atoms with Crippen molar-refractivity contribution in [3.05, 3.63) is 0 Å². The molecule has 32 heavy (non-hydrogen) atoms. The summed E-state index contributed by atoms with van der Waals surface area (Å²) in [7, 11) is 0. The van der Waals surface area contributed by atoms with E-state index >= 15 is 0 Å². The highest BCUT2D eigenvalue weighted by Crippen LogP contribution is 2.21. The van der Waals surface area contributed by atoms with Gasteiger partial charge < -0.3 is 36.8 Å². The van der Waals surface area contributed by atoms with Crippen molar-refractivity contribution in [3.8, 4) is 0 Å². The lowest BCUT2D eigenvalue weighted by Gasteiger charge is -2.30. The summed E-state index contributed by atoms with van der Waals surface area (Å²) in [6.07, 6.45) is 0.614. The molecule has 2 aliphatic heterocycles. The van der Waals surface area contributed by atoms with E-state index in [2.05, 4.69) is 5.32 Å². The average Bonchev–Trinajstić information content (AvgIpc) is 3.39. The van der Waals surface area contributed by atoms with Gasteiger partial charge in [0.1, 0.15) is 18.1 Å². The van der Waals surface area contributed by atoms with Gasteiger partial charge in [-0.1, -0.05) is 0 Å². The molecule has 0 bridgehead atoms. The predicted molar refractivity (Wildman–Crippen MR) is 108 cm³/mol. The molecule has 0 aromatic carbocycles. The van der Waals surface area contributed by atoms with E-state index in [0.29, 0.717) is 19.3 Å². The van der Waals surface area contributed by atoms with E-state index in [1.807, 2.05) is 0 Å². The zero-order chi connectivity index (χ0) is 24.0. The number of rotatable bonds is 10. The monoisotopic (exact) mass is 455 g/mol. The zero-order valence-corrected chi connectivity index (χ0v) is 17.6. The minimum atomic E-state index is -1.36. The van der Waals surface area contributed by atoms with Crippen molar-refractivity contribution < 1.29 is 39.0 Å². The summed E-state index contributed by atoms with van der Waals surface area (Å²) in [5.41, 5.74) is 11.0. The molecule has 2 rings (SSSR count). The molecule has 0 radical (unpaired) electrons. The molecule has 13 heteroatoms. The molecule has 4 amide bonds. The number of carbonyl (C=O) groups is 6. The normalized spacial score (nSPS) is 22.3. The number of carboxylic acids is 2. The third-order valence-corrected chi connectivity index (χ3v) is 5.67. The largest absolute Gasteiger partial charge is 0.481 e. The van der Waals surface area contributed by atoms with Crippen LogP contribution in [-0.4, -0.2) is 92.8 Å². The smallest absolute Gasteiger partial charge is 0.326 e. The summed E-state index contributed by atoms with van der Waals surface area (Å²) >= 11 is 0. The van der Waals surface area contributed by atoms with E-state index in [9.17, 15) is 33.9 Å². The Bertz CT molecular complexity index is 788. The van der Waals surface area contributed by atoms with Gasteiger partial charge in [0.25, 0.3) is 0 Å². The fourth-order valence-electron chi connectivity index (χ4n) is 4.08. The number of amides is 4. The van der Waals surface area contributed by atoms with Gasteiger partial charge >= 0.3 is 11.9 Å². The Morgan fingerprint density at radius 3 is 2.03 bits per heavy atom. The van der Waals surface area contributed by atoms with Crippen molar-refractivity contribution in [2.75, 3.05) is 13.1 Å². The standard InChI is InChI=1S/C19H29N5O8/c20-10(5-6-15(26)27)17(29)23-7-1-3-12(23)16(28)22-11(9-14(21)25)18(30)24-8-2-4-13(24)19(31)32/h10-13H,1-9,20H2,(H2,21,25)(H,22,28)(H,26,27)(H,31,32). The van der Waals surface area contributed by atoms with Crippen LogP contribution >= 0.6 is 0 Å². The summed E-state index contributed by atoms with van der Waals surface area (Å²) in [5, 5.41) is 20.5. The number of carboxylic acid groups (broad SMARTS) is 2. The van der Waals surface area contributed by atoms with Crippen molar-refractivity contribution in [1.82, 2.24) is 15.1 Å². The Balaban J connectivity index is 2.10. The van der Waals surface area contributed by atoms with Gasteiger partial charge in [-0.25, -0.2) is 4.79 Å². The summed E-state index contributed by atoms with van der Waals surface area (Å²) in [6.45, 7) is 0.409. The lowest BCUT2D eigenvalue weighted by molar-refractivity contribution is -0.150. The van der Waals surface area contributed by atoms with Gasteiger partial charge in [-0.05, 0) is 32.1 Å². The molecule has 2 saturated heterocycles. The van der Waals surface area contributed by atoms with Crippen molar-refractivity contribution in [3.63, 3.8) is 0 Å². The lowest BCUT2D eigenvalue weighted by Crippen LogP contribution is -2.57. The second-order valence-corrected chi connectivity index (χ2v) is 7.99. The molecule has 2 fully saturated rings. The quantitative estimate of drug-likeness (QED) is 0.237. The van der Waals surface area contributed by atoms with E-state index in [1.54, 1.807) is 0 Å². The molecule has 178 valence electrons. The molecule has 13 nitrogen and oxygen atoms in total. The van der Waals surface area contributed by atoms with Crippen LogP contribution in [0, 0.1) is 0 Å². The minimum absolute atomic E-state index is 0.0900. The number of nitrogens with one attached hydrogen (secondary N) is 1. The van der Waals surface area contributed by atoms with E-state index in [4.69, 9.17) is 16.6 Å². The molecule has 0 aliphatic carbocycles. The maximum Gasteiger partial charge on any atom is 0.326 e. The molecule has 2 aliphatic rings. The van der Waals surface area contributed by atoms with Crippen LogP contribution in [0.25, 0.3) is 0 Å². The van der Waals surface area contributed by atoms with Crippen molar-refractivity contribution in [2.45, 2.75) is 69.1 Å². The number of carbonyl (C=O) groups excluding carboxylic acids is 4. The van der Waals surface area contributed by atoms with Crippen LogP contribution in [0.4, 0.5) is 0 Å². The van der Waals surface area contributed by atoms with E-state index in [-0.39, 0.29) is 32.4 Å². The Labute approximate surface area is 184 Å². The number of hydrogen-bond acceptors (Lipinski definition) is 7. The van der Waals surface area contributed by atoms with Crippen molar-refractivity contribution in [1.29, 1.82) is 0 Å². The summed E-state index contributed by atoms with van der Waals surface area (Å²) in [5.74, 6) is -5.12. The van der Waals surface area contributed by atoms with E-state index in [0.717, 1.165) is 4.90 Å². The fraction of sp³-hybridized carbons (Fsp3) is 0.684. The maximum absolute atomic E-state index is 12.9. The summed E-state index contributed by atoms with van der Waals surface area (Å²) < 4.78 is 0. The Morgan fingerprint density at radius 2 is 1.50 bits per heavy atom. The fourth-order valence-corrected chi connectivity index (χ4v) is 4.08. The van der Waals surface area contributed by atoms with Gasteiger partial charge in [-0.15, -0.1) is 0 Å². The molecule has 0 spiro atoms. The van der Waals surface area contributed by atoms with E-state index in [1.165, 1.54) is 4.90 Å². The van der Waals surface area contributed by atoms with Gasteiger partial charge in [0.05, 0.1) is 12.5 Å². The lowest BCUT2D eigenvalue weighted by atomic mass is 10.1.